The highest BCUT2D eigenvalue weighted by Crippen LogP contribution is 2.34. The first-order chi connectivity index (χ1) is 11.3. The normalized spacial score (nSPS) is 17.4. The maximum atomic E-state index is 5.64. The van der Waals surface area contributed by atoms with Gasteiger partial charge in [0.05, 0.1) is 10.6 Å². The zero-order valence-electron chi connectivity index (χ0n) is 13.2. The third-order valence-corrected chi connectivity index (χ3v) is 5.42. The Bertz CT molecular complexity index is 778. The number of nitrogens with zero attached hydrogens (tertiary/aromatic N) is 2. The fourth-order valence-electron chi connectivity index (χ4n) is 3.44. The molecule has 2 heterocycles. The van der Waals surface area contributed by atoms with Crippen LogP contribution >= 0.6 is 11.3 Å². The number of benzene rings is 1. The SMILES string of the molecule is CN(Cc1coc(-c2cccs2)n1)C1CCCc2ccccc21. The summed E-state index contributed by atoms with van der Waals surface area (Å²) in [6.07, 6.45) is 5.46. The molecular weight excluding hydrogens is 304 g/mol. The molecule has 0 saturated heterocycles. The summed E-state index contributed by atoms with van der Waals surface area (Å²) in [6.45, 7) is 0.813. The van der Waals surface area contributed by atoms with Crippen LogP contribution in [0.3, 0.4) is 0 Å². The van der Waals surface area contributed by atoms with Gasteiger partial charge in [-0.25, -0.2) is 4.98 Å². The van der Waals surface area contributed by atoms with Crippen LogP contribution in [0, 0.1) is 0 Å². The Morgan fingerprint density at radius 2 is 2.17 bits per heavy atom. The van der Waals surface area contributed by atoms with Crippen molar-refractivity contribution in [3.05, 3.63) is 64.9 Å². The van der Waals surface area contributed by atoms with Gasteiger partial charge < -0.3 is 4.42 Å². The Labute approximate surface area is 140 Å². The van der Waals surface area contributed by atoms with Gasteiger partial charge in [0, 0.05) is 12.6 Å². The molecule has 1 aromatic carbocycles. The van der Waals surface area contributed by atoms with Crippen LogP contribution in [0.15, 0.2) is 52.5 Å². The first kappa shape index (κ1) is 14.7. The van der Waals surface area contributed by atoms with Crippen LogP contribution in [0.4, 0.5) is 0 Å². The van der Waals surface area contributed by atoms with Gasteiger partial charge in [-0.1, -0.05) is 30.3 Å². The average molecular weight is 324 g/mol. The van der Waals surface area contributed by atoms with Crippen molar-refractivity contribution in [2.24, 2.45) is 0 Å². The minimum Gasteiger partial charge on any atom is -0.444 e. The van der Waals surface area contributed by atoms with Crippen LogP contribution in [0.5, 0.6) is 0 Å². The zero-order chi connectivity index (χ0) is 15.6. The molecule has 1 aliphatic carbocycles. The summed E-state index contributed by atoms with van der Waals surface area (Å²) in [4.78, 5) is 8.13. The summed E-state index contributed by atoms with van der Waals surface area (Å²) in [5.74, 6) is 0.729. The van der Waals surface area contributed by atoms with Crippen LogP contribution in [0.25, 0.3) is 10.8 Å². The number of aryl methyl sites for hydroxylation is 1. The van der Waals surface area contributed by atoms with E-state index in [1.807, 2.05) is 17.5 Å². The summed E-state index contributed by atoms with van der Waals surface area (Å²) >= 11 is 1.66. The van der Waals surface area contributed by atoms with Gasteiger partial charge in [-0.3, -0.25) is 4.90 Å². The number of aromatic nitrogens is 1. The quantitative estimate of drug-likeness (QED) is 0.682. The molecule has 0 saturated carbocycles. The molecule has 0 aliphatic heterocycles. The van der Waals surface area contributed by atoms with Crippen molar-refractivity contribution in [3.8, 4) is 10.8 Å². The van der Waals surface area contributed by atoms with Gasteiger partial charge >= 0.3 is 0 Å². The lowest BCUT2D eigenvalue weighted by Crippen LogP contribution is -2.27. The van der Waals surface area contributed by atoms with E-state index >= 15 is 0 Å². The summed E-state index contributed by atoms with van der Waals surface area (Å²) in [6, 6.07) is 13.4. The molecule has 1 aliphatic rings. The number of hydrogen-bond acceptors (Lipinski definition) is 4. The first-order valence-electron chi connectivity index (χ1n) is 8.07. The highest BCUT2D eigenvalue weighted by molar-refractivity contribution is 7.13. The number of rotatable bonds is 4. The lowest BCUT2D eigenvalue weighted by atomic mass is 9.87. The zero-order valence-corrected chi connectivity index (χ0v) is 14.1. The molecule has 0 spiro atoms. The molecule has 4 rings (SSSR count). The lowest BCUT2D eigenvalue weighted by Gasteiger charge is -2.32. The highest BCUT2D eigenvalue weighted by atomic mass is 32.1. The molecule has 1 atom stereocenters. The van der Waals surface area contributed by atoms with Gasteiger partial charge in [0.25, 0.3) is 0 Å². The topological polar surface area (TPSA) is 29.3 Å². The number of hydrogen-bond donors (Lipinski definition) is 0. The summed E-state index contributed by atoms with van der Waals surface area (Å²) < 4.78 is 5.64. The van der Waals surface area contributed by atoms with E-state index in [-0.39, 0.29) is 0 Å². The van der Waals surface area contributed by atoms with E-state index in [0.29, 0.717) is 6.04 Å². The predicted molar refractivity (Wildman–Crippen MR) is 93.4 cm³/mol. The van der Waals surface area contributed by atoms with Crippen molar-refractivity contribution in [1.82, 2.24) is 9.88 Å². The van der Waals surface area contributed by atoms with E-state index < -0.39 is 0 Å². The molecule has 0 bridgehead atoms. The van der Waals surface area contributed by atoms with Gasteiger partial charge in [0.2, 0.25) is 5.89 Å². The van der Waals surface area contributed by atoms with E-state index in [2.05, 4.69) is 41.2 Å². The number of thiophene rings is 1. The summed E-state index contributed by atoms with van der Waals surface area (Å²) in [7, 11) is 2.19. The van der Waals surface area contributed by atoms with Crippen molar-refractivity contribution >= 4 is 11.3 Å². The molecule has 3 nitrogen and oxygen atoms in total. The van der Waals surface area contributed by atoms with Gasteiger partial charge in [0.1, 0.15) is 6.26 Å². The van der Waals surface area contributed by atoms with Crippen molar-refractivity contribution in [1.29, 1.82) is 0 Å². The molecule has 3 aromatic rings. The minimum atomic E-state index is 0.474. The maximum Gasteiger partial charge on any atom is 0.236 e. The van der Waals surface area contributed by atoms with Gasteiger partial charge in [-0.15, -0.1) is 11.3 Å². The summed E-state index contributed by atoms with van der Waals surface area (Å²) in [5.41, 5.74) is 3.97. The molecule has 0 fully saturated rings. The van der Waals surface area contributed by atoms with Gasteiger partial charge in [0.15, 0.2) is 0 Å². The molecule has 0 amide bonds. The van der Waals surface area contributed by atoms with Gasteiger partial charge in [-0.2, -0.15) is 0 Å². The maximum absolute atomic E-state index is 5.64. The first-order valence-corrected chi connectivity index (χ1v) is 8.95. The van der Waals surface area contributed by atoms with Crippen LogP contribution in [0.2, 0.25) is 0 Å². The molecule has 0 radical (unpaired) electrons. The second kappa shape index (κ2) is 6.30. The molecule has 0 N–H and O–H groups in total. The van der Waals surface area contributed by atoms with E-state index in [1.54, 1.807) is 17.6 Å². The second-order valence-corrected chi connectivity index (χ2v) is 7.09. The standard InChI is InChI=1S/C19H20N2OS/c1-21(17-9-4-7-14-6-2-3-8-16(14)17)12-15-13-22-19(20-15)18-10-5-11-23-18/h2-3,5-6,8,10-11,13,17H,4,7,9,12H2,1H3. The number of fused-ring (bicyclic) bond motifs is 1. The van der Waals surface area contributed by atoms with Crippen molar-refractivity contribution < 1.29 is 4.42 Å². The smallest absolute Gasteiger partial charge is 0.236 e. The third-order valence-electron chi connectivity index (χ3n) is 4.56. The Morgan fingerprint density at radius 1 is 1.26 bits per heavy atom. The van der Waals surface area contributed by atoms with E-state index in [1.165, 1.54) is 30.4 Å². The van der Waals surface area contributed by atoms with E-state index in [0.717, 1.165) is 23.0 Å². The molecular formula is C19H20N2OS. The monoisotopic (exact) mass is 324 g/mol. The Kier molecular flexibility index (Phi) is 4.02. The fraction of sp³-hybridized carbons (Fsp3) is 0.316. The highest BCUT2D eigenvalue weighted by Gasteiger charge is 2.24. The molecule has 23 heavy (non-hydrogen) atoms. The molecule has 2 aromatic heterocycles. The molecule has 4 heteroatoms. The Hall–Kier alpha value is -1.91. The van der Waals surface area contributed by atoms with Gasteiger partial charge in [-0.05, 0) is 48.9 Å². The van der Waals surface area contributed by atoms with E-state index in [9.17, 15) is 0 Å². The molecule has 118 valence electrons. The Balaban J connectivity index is 1.52. The van der Waals surface area contributed by atoms with Crippen LogP contribution in [0.1, 0.15) is 35.7 Å². The second-order valence-electron chi connectivity index (χ2n) is 6.14. The predicted octanol–water partition coefficient (Wildman–Crippen LogP) is 4.91. The van der Waals surface area contributed by atoms with Crippen molar-refractivity contribution in [3.63, 3.8) is 0 Å². The Morgan fingerprint density at radius 3 is 3.04 bits per heavy atom. The van der Waals surface area contributed by atoms with Crippen molar-refractivity contribution in [2.75, 3.05) is 7.05 Å². The lowest BCUT2D eigenvalue weighted by molar-refractivity contribution is 0.211. The fourth-order valence-corrected chi connectivity index (χ4v) is 4.10. The van der Waals surface area contributed by atoms with Crippen molar-refractivity contribution in [2.45, 2.75) is 31.8 Å². The van der Waals surface area contributed by atoms with Crippen LogP contribution < -0.4 is 0 Å². The third kappa shape index (κ3) is 2.96. The minimum absolute atomic E-state index is 0.474. The van der Waals surface area contributed by atoms with Crippen LogP contribution in [-0.2, 0) is 13.0 Å². The number of oxazole rings is 1. The molecule has 1 unspecified atom stereocenters. The average Bonchev–Trinajstić information content (AvgIpc) is 3.25. The largest absolute Gasteiger partial charge is 0.444 e. The summed E-state index contributed by atoms with van der Waals surface area (Å²) in [5, 5.41) is 2.05. The van der Waals surface area contributed by atoms with E-state index in [4.69, 9.17) is 4.42 Å². The van der Waals surface area contributed by atoms with Crippen LogP contribution in [-0.4, -0.2) is 16.9 Å².